The predicted molar refractivity (Wildman–Crippen MR) is 107 cm³/mol. The smallest absolute Gasteiger partial charge is 0.255 e. The Morgan fingerprint density at radius 2 is 1.70 bits per heavy atom. The van der Waals surface area contributed by atoms with Gasteiger partial charge in [0.15, 0.2) is 0 Å². The Balaban J connectivity index is 2.36. The molecule has 0 bridgehead atoms. The predicted octanol–water partition coefficient (Wildman–Crippen LogP) is 2.57. The van der Waals surface area contributed by atoms with E-state index in [0.29, 0.717) is 5.69 Å². The zero-order valence-electron chi connectivity index (χ0n) is 16.4. The number of nitrogens with zero attached hydrogens (tertiary/aromatic N) is 2. The Kier molecular flexibility index (Phi) is 6.12. The van der Waals surface area contributed by atoms with Gasteiger partial charge in [0, 0.05) is 45.1 Å². The molecular formula is C19H25N3O4S. The number of carbonyl (C=O) groups is 1. The second-order valence-corrected chi connectivity index (χ2v) is 8.62. The van der Waals surface area contributed by atoms with Crippen molar-refractivity contribution in [3.05, 3.63) is 47.5 Å². The van der Waals surface area contributed by atoms with Crippen LogP contribution in [0.1, 0.15) is 15.9 Å². The maximum Gasteiger partial charge on any atom is 0.255 e. The molecule has 0 aliphatic rings. The van der Waals surface area contributed by atoms with Crippen molar-refractivity contribution >= 4 is 27.3 Å². The van der Waals surface area contributed by atoms with Crippen LogP contribution >= 0.6 is 0 Å². The molecule has 0 atom stereocenters. The highest BCUT2D eigenvalue weighted by molar-refractivity contribution is 7.89. The van der Waals surface area contributed by atoms with Gasteiger partial charge in [-0.15, -0.1) is 0 Å². The third kappa shape index (κ3) is 4.40. The van der Waals surface area contributed by atoms with Crippen molar-refractivity contribution in [3.63, 3.8) is 0 Å². The molecule has 146 valence electrons. The standard InChI is InChI=1S/C19H25N3O4S/c1-13-11-15(8-9-16(13)21(2)3)20-19(23)14-7-10-17(26-6)18(12-14)27(24,25)22(4)5/h7-12H,1-6H3,(H,20,23). The fourth-order valence-electron chi connectivity index (χ4n) is 2.65. The number of amides is 1. The van der Waals surface area contributed by atoms with Crippen LogP contribution in [-0.4, -0.2) is 53.9 Å². The first-order chi connectivity index (χ1) is 12.6. The van der Waals surface area contributed by atoms with E-state index in [2.05, 4.69) is 5.32 Å². The lowest BCUT2D eigenvalue weighted by molar-refractivity contribution is 0.102. The monoisotopic (exact) mass is 391 g/mol. The van der Waals surface area contributed by atoms with Crippen LogP contribution in [-0.2, 0) is 10.0 Å². The molecule has 7 nitrogen and oxygen atoms in total. The van der Waals surface area contributed by atoms with E-state index in [-0.39, 0.29) is 16.2 Å². The molecular weight excluding hydrogens is 366 g/mol. The van der Waals surface area contributed by atoms with Crippen molar-refractivity contribution in [3.8, 4) is 5.75 Å². The maximum atomic E-state index is 12.6. The largest absolute Gasteiger partial charge is 0.495 e. The van der Waals surface area contributed by atoms with Crippen LogP contribution in [0.3, 0.4) is 0 Å². The molecule has 1 amide bonds. The molecule has 0 aliphatic carbocycles. The average Bonchev–Trinajstić information content (AvgIpc) is 2.60. The minimum Gasteiger partial charge on any atom is -0.495 e. The second-order valence-electron chi connectivity index (χ2n) is 6.50. The Labute approximate surface area is 160 Å². The number of hydrogen-bond donors (Lipinski definition) is 1. The van der Waals surface area contributed by atoms with Gasteiger partial charge in [-0.2, -0.15) is 0 Å². The van der Waals surface area contributed by atoms with Crippen molar-refractivity contribution in [1.82, 2.24) is 4.31 Å². The summed E-state index contributed by atoms with van der Waals surface area (Å²) in [6.07, 6.45) is 0. The van der Waals surface area contributed by atoms with Crippen LogP contribution in [0.2, 0.25) is 0 Å². The van der Waals surface area contributed by atoms with Gasteiger partial charge in [-0.25, -0.2) is 12.7 Å². The van der Waals surface area contributed by atoms with Gasteiger partial charge in [0.05, 0.1) is 7.11 Å². The molecule has 0 aliphatic heterocycles. The number of ether oxygens (including phenoxy) is 1. The normalized spacial score (nSPS) is 11.4. The number of rotatable bonds is 6. The van der Waals surface area contributed by atoms with Crippen LogP contribution in [0.15, 0.2) is 41.3 Å². The van der Waals surface area contributed by atoms with E-state index in [1.165, 1.54) is 39.4 Å². The van der Waals surface area contributed by atoms with Crippen molar-refractivity contribution in [2.24, 2.45) is 0 Å². The molecule has 0 heterocycles. The van der Waals surface area contributed by atoms with E-state index in [1.54, 1.807) is 6.07 Å². The summed E-state index contributed by atoms with van der Waals surface area (Å²) in [5.41, 5.74) is 2.93. The highest BCUT2D eigenvalue weighted by Crippen LogP contribution is 2.28. The first-order valence-electron chi connectivity index (χ1n) is 8.28. The molecule has 1 N–H and O–H groups in total. The number of benzene rings is 2. The number of methoxy groups -OCH3 is 1. The molecule has 2 aromatic carbocycles. The summed E-state index contributed by atoms with van der Waals surface area (Å²) >= 11 is 0. The zero-order valence-corrected chi connectivity index (χ0v) is 17.2. The lowest BCUT2D eigenvalue weighted by Gasteiger charge is -2.17. The molecule has 8 heteroatoms. The van der Waals surface area contributed by atoms with Crippen LogP contribution in [0.4, 0.5) is 11.4 Å². The van der Waals surface area contributed by atoms with E-state index in [0.717, 1.165) is 15.6 Å². The van der Waals surface area contributed by atoms with E-state index < -0.39 is 15.9 Å². The third-order valence-corrected chi connectivity index (χ3v) is 5.96. The van der Waals surface area contributed by atoms with Gasteiger partial charge in [-0.05, 0) is 48.9 Å². The summed E-state index contributed by atoms with van der Waals surface area (Å²) in [6.45, 7) is 1.96. The fraction of sp³-hybridized carbons (Fsp3) is 0.316. The van der Waals surface area contributed by atoms with Crippen LogP contribution in [0.25, 0.3) is 0 Å². The van der Waals surface area contributed by atoms with E-state index in [1.807, 2.05) is 38.1 Å². The summed E-state index contributed by atoms with van der Waals surface area (Å²) in [4.78, 5) is 14.6. The zero-order chi connectivity index (χ0) is 20.4. The van der Waals surface area contributed by atoms with E-state index >= 15 is 0 Å². The number of hydrogen-bond acceptors (Lipinski definition) is 5. The lowest BCUT2D eigenvalue weighted by Crippen LogP contribution is -2.23. The number of sulfonamides is 1. The van der Waals surface area contributed by atoms with Crippen LogP contribution in [0.5, 0.6) is 5.75 Å². The van der Waals surface area contributed by atoms with Gasteiger partial charge in [-0.3, -0.25) is 4.79 Å². The maximum absolute atomic E-state index is 12.6. The topological polar surface area (TPSA) is 79.0 Å². The molecule has 0 saturated carbocycles. The van der Waals surface area contributed by atoms with Gasteiger partial charge in [0.1, 0.15) is 10.6 Å². The van der Waals surface area contributed by atoms with Crippen molar-refractivity contribution in [1.29, 1.82) is 0 Å². The van der Waals surface area contributed by atoms with E-state index in [4.69, 9.17) is 4.74 Å². The summed E-state index contributed by atoms with van der Waals surface area (Å²) in [7, 11) is 4.39. The van der Waals surface area contributed by atoms with E-state index in [9.17, 15) is 13.2 Å². The minimum absolute atomic E-state index is 0.0539. The molecule has 2 rings (SSSR count). The molecule has 0 aromatic heterocycles. The quantitative estimate of drug-likeness (QED) is 0.819. The third-order valence-electron chi connectivity index (χ3n) is 4.12. The Hall–Kier alpha value is -2.58. The van der Waals surface area contributed by atoms with Gasteiger partial charge in [0.2, 0.25) is 10.0 Å². The summed E-state index contributed by atoms with van der Waals surface area (Å²) < 4.78 is 31.2. The molecule has 0 unspecified atom stereocenters. The van der Waals surface area contributed by atoms with Crippen LogP contribution in [0, 0.1) is 6.92 Å². The fourth-order valence-corrected chi connectivity index (χ4v) is 3.73. The molecule has 0 spiro atoms. The number of nitrogens with one attached hydrogen (secondary N) is 1. The number of carbonyl (C=O) groups excluding carboxylic acids is 1. The van der Waals surface area contributed by atoms with Gasteiger partial charge in [0.25, 0.3) is 5.91 Å². The average molecular weight is 391 g/mol. The van der Waals surface area contributed by atoms with Crippen molar-refractivity contribution in [2.45, 2.75) is 11.8 Å². The Morgan fingerprint density at radius 3 is 2.22 bits per heavy atom. The lowest BCUT2D eigenvalue weighted by atomic mass is 10.1. The number of aryl methyl sites for hydroxylation is 1. The van der Waals surface area contributed by atoms with Gasteiger partial charge >= 0.3 is 0 Å². The SMILES string of the molecule is COc1ccc(C(=O)Nc2ccc(N(C)C)c(C)c2)cc1S(=O)(=O)N(C)C. The molecule has 2 aromatic rings. The first kappa shape index (κ1) is 20.7. The summed E-state index contributed by atoms with van der Waals surface area (Å²) in [5, 5.41) is 2.80. The van der Waals surface area contributed by atoms with Gasteiger partial charge in [-0.1, -0.05) is 0 Å². The minimum atomic E-state index is -3.75. The molecule has 0 saturated heterocycles. The van der Waals surface area contributed by atoms with Crippen molar-refractivity contribution in [2.75, 3.05) is 45.5 Å². The second kappa shape index (κ2) is 7.98. The molecule has 27 heavy (non-hydrogen) atoms. The van der Waals surface area contributed by atoms with Crippen LogP contribution < -0.4 is 15.0 Å². The molecule has 0 fully saturated rings. The first-order valence-corrected chi connectivity index (χ1v) is 9.72. The van der Waals surface area contributed by atoms with Gasteiger partial charge < -0.3 is 15.0 Å². The molecule has 0 radical (unpaired) electrons. The highest BCUT2D eigenvalue weighted by Gasteiger charge is 2.24. The Bertz CT molecular complexity index is 953. The van der Waals surface area contributed by atoms with Crippen molar-refractivity contribution < 1.29 is 17.9 Å². The number of anilines is 2. The summed E-state index contributed by atoms with van der Waals surface area (Å²) in [6, 6.07) is 9.93. The summed E-state index contributed by atoms with van der Waals surface area (Å²) in [5.74, 6) is -0.212. The Morgan fingerprint density at radius 1 is 1.04 bits per heavy atom. The highest BCUT2D eigenvalue weighted by atomic mass is 32.2.